The summed E-state index contributed by atoms with van der Waals surface area (Å²) in [5.74, 6) is 1.07. The van der Waals surface area contributed by atoms with Gasteiger partial charge in [0.25, 0.3) is 0 Å². The van der Waals surface area contributed by atoms with E-state index < -0.39 is 0 Å². The topological polar surface area (TPSA) is 67.4 Å². The van der Waals surface area contributed by atoms with Crippen LogP contribution in [0, 0.1) is 5.92 Å². The van der Waals surface area contributed by atoms with Crippen molar-refractivity contribution in [3.63, 3.8) is 0 Å². The number of carbonyl (C=O) groups is 2. The lowest BCUT2D eigenvalue weighted by atomic mass is 10.0. The second-order valence-electron chi connectivity index (χ2n) is 5.72. The molecule has 0 aliphatic heterocycles. The number of amides is 2. The molecule has 0 radical (unpaired) electrons. The summed E-state index contributed by atoms with van der Waals surface area (Å²) in [5, 5.41) is 5.43. The van der Waals surface area contributed by atoms with Crippen LogP contribution in [0.2, 0.25) is 0 Å². The molecule has 0 aliphatic rings. The van der Waals surface area contributed by atoms with Crippen LogP contribution in [0.25, 0.3) is 0 Å². The highest BCUT2D eigenvalue weighted by atomic mass is 16.5. The summed E-state index contributed by atoms with van der Waals surface area (Å²) in [5.41, 5.74) is 0.655. The maximum atomic E-state index is 11.9. The van der Waals surface area contributed by atoms with Gasteiger partial charge in [-0.25, -0.2) is 0 Å². The van der Waals surface area contributed by atoms with Gasteiger partial charge in [-0.05, 0) is 49.2 Å². The van der Waals surface area contributed by atoms with E-state index in [0.29, 0.717) is 11.4 Å². The number of anilines is 1. The first kappa shape index (κ1) is 18.5. The summed E-state index contributed by atoms with van der Waals surface area (Å²) in [6.45, 7) is 3.90. The molecule has 0 unspecified atom stereocenters. The molecular formula is C20H24N2O3. The normalized spacial score (nSPS) is 10.4. The van der Waals surface area contributed by atoms with Crippen LogP contribution in [0.15, 0.2) is 54.6 Å². The van der Waals surface area contributed by atoms with E-state index in [4.69, 9.17) is 4.74 Å². The van der Waals surface area contributed by atoms with E-state index in [1.807, 2.05) is 44.2 Å². The Kier molecular flexibility index (Phi) is 7.01. The molecule has 25 heavy (non-hydrogen) atoms. The molecular weight excluding hydrogens is 316 g/mol. The van der Waals surface area contributed by atoms with Crippen LogP contribution in [0.1, 0.15) is 26.7 Å². The number of hydrogen-bond donors (Lipinski definition) is 2. The first-order valence-electron chi connectivity index (χ1n) is 8.53. The highest BCUT2D eigenvalue weighted by molar-refractivity contribution is 5.94. The highest BCUT2D eigenvalue weighted by Gasteiger charge is 2.14. The molecule has 0 heterocycles. The van der Waals surface area contributed by atoms with Crippen LogP contribution in [0.4, 0.5) is 5.69 Å². The lowest BCUT2D eigenvalue weighted by molar-refractivity contribution is -0.127. The van der Waals surface area contributed by atoms with Crippen LogP contribution in [-0.4, -0.2) is 18.4 Å². The Hall–Kier alpha value is -2.82. The Bertz CT molecular complexity index is 680. The van der Waals surface area contributed by atoms with Crippen LogP contribution in [0.5, 0.6) is 11.5 Å². The Morgan fingerprint density at radius 3 is 2.12 bits per heavy atom. The molecule has 2 rings (SSSR count). The number of rotatable bonds is 8. The molecule has 0 aliphatic carbocycles. The lowest BCUT2D eigenvalue weighted by Crippen LogP contribution is -2.36. The fourth-order valence-corrected chi connectivity index (χ4v) is 2.41. The smallest absolute Gasteiger partial charge is 0.243 e. The monoisotopic (exact) mass is 340 g/mol. The zero-order valence-electron chi connectivity index (χ0n) is 14.6. The number of ether oxygens (including phenoxy) is 1. The van der Waals surface area contributed by atoms with Crippen LogP contribution in [-0.2, 0) is 9.59 Å². The SMILES string of the molecule is CCC(CC)C(=O)NCC(=O)Nc1ccc(Oc2ccccc2)cc1. The Balaban J connectivity index is 1.82. The number of carbonyl (C=O) groups excluding carboxylic acids is 2. The van der Waals surface area contributed by atoms with Gasteiger partial charge in [-0.3, -0.25) is 9.59 Å². The molecule has 0 spiro atoms. The first-order chi connectivity index (χ1) is 12.1. The van der Waals surface area contributed by atoms with Crippen molar-refractivity contribution in [3.05, 3.63) is 54.6 Å². The Morgan fingerprint density at radius 2 is 1.52 bits per heavy atom. The number of para-hydroxylation sites is 1. The van der Waals surface area contributed by atoms with E-state index in [-0.39, 0.29) is 24.3 Å². The second-order valence-corrected chi connectivity index (χ2v) is 5.72. The van der Waals surface area contributed by atoms with Gasteiger partial charge in [0.2, 0.25) is 11.8 Å². The molecule has 0 bridgehead atoms. The van der Waals surface area contributed by atoms with Gasteiger partial charge in [-0.2, -0.15) is 0 Å². The van der Waals surface area contributed by atoms with Gasteiger partial charge < -0.3 is 15.4 Å². The van der Waals surface area contributed by atoms with Crippen molar-refractivity contribution in [2.24, 2.45) is 5.92 Å². The predicted molar refractivity (Wildman–Crippen MR) is 98.7 cm³/mol. The summed E-state index contributed by atoms with van der Waals surface area (Å²) in [6.07, 6.45) is 1.54. The average Bonchev–Trinajstić information content (AvgIpc) is 2.63. The molecule has 2 amide bonds. The minimum absolute atomic E-state index is 0.0302. The van der Waals surface area contributed by atoms with E-state index in [1.54, 1.807) is 24.3 Å². The Labute approximate surface area is 148 Å². The van der Waals surface area contributed by atoms with Crippen LogP contribution in [0.3, 0.4) is 0 Å². The van der Waals surface area contributed by atoms with Crippen LogP contribution >= 0.6 is 0 Å². The van der Waals surface area contributed by atoms with Gasteiger partial charge in [0.15, 0.2) is 0 Å². The summed E-state index contributed by atoms with van der Waals surface area (Å²) in [4.78, 5) is 23.8. The largest absolute Gasteiger partial charge is 0.457 e. The van der Waals surface area contributed by atoms with Gasteiger partial charge in [0.1, 0.15) is 11.5 Å². The molecule has 2 aromatic carbocycles. The molecule has 5 heteroatoms. The van der Waals surface area contributed by atoms with E-state index in [9.17, 15) is 9.59 Å². The third kappa shape index (κ3) is 5.95. The standard InChI is InChI=1S/C20H24N2O3/c1-3-15(4-2)20(24)21-14-19(23)22-16-10-12-18(13-11-16)25-17-8-6-5-7-9-17/h5-13,15H,3-4,14H2,1-2H3,(H,21,24)(H,22,23). The van der Waals surface area contributed by atoms with Crippen molar-refractivity contribution in [2.75, 3.05) is 11.9 Å². The molecule has 0 fully saturated rings. The van der Waals surface area contributed by atoms with Crippen molar-refractivity contribution in [1.29, 1.82) is 0 Å². The third-order valence-corrected chi connectivity index (χ3v) is 3.90. The summed E-state index contributed by atoms with van der Waals surface area (Å²) in [6, 6.07) is 16.6. The van der Waals surface area contributed by atoms with Crippen molar-refractivity contribution in [2.45, 2.75) is 26.7 Å². The molecule has 0 aromatic heterocycles. The zero-order chi connectivity index (χ0) is 18.1. The van der Waals surface area contributed by atoms with Gasteiger partial charge in [-0.15, -0.1) is 0 Å². The fourth-order valence-electron chi connectivity index (χ4n) is 2.41. The van der Waals surface area contributed by atoms with E-state index in [2.05, 4.69) is 10.6 Å². The molecule has 5 nitrogen and oxygen atoms in total. The molecule has 2 N–H and O–H groups in total. The van der Waals surface area contributed by atoms with Crippen molar-refractivity contribution >= 4 is 17.5 Å². The van der Waals surface area contributed by atoms with E-state index in [0.717, 1.165) is 18.6 Å². The minimum Gasteiger partial charge on any atom is -0.457 e. The predicted octanol–water partition coefficient (Wildman–Crippen LogP) is 3.97. The summed E-state index contributed by atoms with van der Waals surface area (Å²) >= 11 is 0. The van der Waals surface area contributed by atoms with Gasteiger partial charge in [-0.1, -0.05) is 32.0 Å². The number of benzene rings is 2. The second kappa shape index (κ2) is 9.47. The third-order valence-electron chi connectivity index (χ3n) is 3.90. The zero-order valence-corrected chi connectivity index (χ0v) is 14.6. The van der Waals surface area contributed by atoms with Gasteiger partial charge in [0, 0.05) is 11.6 Å². The van der Waals surface area contributed by atoms with Crippen LogP contribution < -0.4 is 15.4 Å². The minimum atomic E-state index is -0.254. The molecule has 2 aromatic rings. The number of nitrogens with one attached hydrogen (secondary N) is 2. The van der Waals surface area contributed by atoms with Crippen molar-refractivity contribution in [1.82, 2.24) is 5.32 Å². The average molecular weight is 340 g/mol. The molecule has 132 valence electrons. The molecule has 0 saturated heterocycles. The van der Waals surface area contributed by atoms with E-state index in [1.165, 1.54) is 0 Å². The maximum Gasteiger partial charge on any atom is 0.243 e. The summed E-state index contributed by atoms with van der Waals surface area (Å²) < 4.78 is 5.70. The fraction of sp³-hybridized carbons (Fsp3) is 0.300. The van der Waals surface area contributed by atoms with Crippen molar-refractivity contribution < 1.29 is 14.3 Å². The highest BCUT2D eigenvalue weighted by Crippen LogP contribution is 2.22. The maximum absolute atomic E-state index is 11.9. The number of hydrogen-bond acceptors (Lipinski definition) is 3. The Morgan fingerprint density at radius 1 is 0.920 bits per heavy atom. The molecule has 0 atom stereocenters. The lowest BCUT2D eigenvalue weighted by Gasteiger charge is -2.13. The quantitative estimate of drug-likeness (QED) is 0.764. The van der Waals surface area contributed by atoms with Crippen molar-refractivity contribution in [3.8, 4) is 11.5 Å². The van der Waals surface area contributed by atoms with Gasteiger partial charge in [0.05, 0.1) is 6.54 Å². The molecule has 0 saturated carbocycles. The van der Waals surface area contributed by atoms with E-state index >= 15 is 0 Å². The van der Waals surface area contributed by atoms with Gasteiger partial charge >= 0.3 is 0 Å². The first-order valence-corrected chi connectivity index (χ1v) is 8.53. The summed E-state index contributed by atoms with van der Waals surface area (Å²) in [7, 11) is 0.